The van der Waals surface area contributed by atoms with Crippen LogP contribution in [0.5, 0.6) is 0 Å². The third kappa shape index (κ3) is 1.98. The monoisotopic (exact) mass is 304 g/mol. The lowest BCUT2D eigenvalue weighted by Gasteiger charge is -2.07. The molecule has 1 aliphatic heterocycles. The van der Waals surface area contributed by atoms with Crippen molar-refractivity contribution < 1.29 is 22.0 Å². The van der Waals surface area contributed by atoms with Gasteiger partial charge in [0.05, 0.1) is 21.4 Å². The van der Waals surface area contributed by atoms with E-state index in [4.69, 9.17) is 11.6 Å². The van der Waals surface area contributed by atoms with Crippen molar-refractivity contribution in [2.24, 2.45) is 0 Å². The van der Waals surface area contributed by atoms with Gasteiger partial charge in [0.15, 0.2) is 28.4 Å². The molecule has 9 heteroatoms. The Labute approximate surface area is 105 Å². The Morgan fingerprint density at radius 1 is 0.824 bits per heavy atom. The molecule has 2 rings (SSSR count). The lowest BCUT2D eigenvalue weighted by molar-refractivity contribution is 0.376. The predicted octanol–water partition coefficient (Wildman–Crippen LogP) is 4.16. The van der Waals surface area contributed by atoms with Crippen molar-refractivity contribution >= 4 is 38.3 Å². The Hall–Kier alpha value is -0.600. The zero-order chi connectivity index (χ0) is 12.7. The van der Waals surface area contributed by atoms with Gasteiger partial charge in [-0.05, 0) is 10.8 Å². The molecule has 1 aromatic carbocycles. The minimum absolute atomic E-state index is 0.288. The number of hydrogen-bond donors (Lipinski definition) is 0. The average molecular weight is 305 g/mol. The SMILES string of the molecule is Fc1c(F)c(F)c(C2=C(Cl)[N]SS2)c(F)c1F. The van der Waals surface area contributed by atoms with Gasteiger partial charge in [-0.25, -0.2) is 22.0 Å². The van der Waals surface area contributed by atoms with Crippen LogP contribution < -0.4 is 4.72 Å². The molecule has 0 bridgehead atoms. The summed E-state index contributed by atoms with van der Waals surface area (Å²) in [4.78, 5) is -0.288. The molecule has 0 aromatic heterocycles. The van der Waals surface area contributed by atoms with Crippen LogP contribution in [0.25, 0.3) is 4.91 Å². The highest BCUT2D eigenvalue weighted by Crippen LogP contribution is 2.48. The minimum atomic E-state index is -2.20. The fraction of sp³-hybridized carbons (Fsp3) is 0. The van der Waals surface area contributed by atoms with Crippen molar-refractivity contribution in [2.45, 2.75) is 0 Å². The summed E-state index contributed by atoms with van der Waals surface area (Å²) in [5, 5.41) is -0.303. The molecule has 0 atom stereocenters. The summed E-state index contributed by atoms with van der Waals surface area (Å²) >= 11 is 5.50. The lowest BCUT2D eigenvalue weighted by atomic mass is 10.1. The molecule has 0 saturated heterocycles. The van der Waals surface area contributed by atoms with E-state index in [0.717, 1.165) is 21.8 Å². The largest absolute Gasteiger partial charge is 0.203 e. The van der Waals surface area contributed by atoms with E-state index in [1.54, 1.807) is 0 Å². The Bertz CT molecular complexity index is 504. The first-order valence-corrected chi connectivity index (χ1v) is 6.40. The maximum Gasteiger partial charge on any atom is 0.200 e. The fourth-order valence-corrected chi connectivity index (χ4v) is 3.44. The number of halogens is 6. The normalized spacial score (nSPS) is 15.4. The van der Waals surface area contributed by atoms with E-state index in [1.807, 2.05) is 0 Å². The highest BCUT2D eigenvalue weighted by molar-refractivity contribution is 8.79. The molecule has 1 aliphatic rings. The fourth-order valence-electron chi connectivity index (χ4n) is 1.11. The van der Waals surface area contributed by atoms with E-state index in [9.17, 15) is 22.0 Å². The van der Waals surface area contributed by atoms with Gasteiger partial charge in [0.2, 0.25) is 5.82 Å². The van der Waals surface area contributed by atoms with Crippen molar-refractivity contribution in [1.29, 1.82) is 0 Å². The first-order valence-electron chi connectivity index (χ1n) is 3.91. The van der Waals surface area contributed by atoms with Gasteiger partial charge in [0.25, 0.3) is 0 Å². The van der Waals surface area contributed by atoms with E-state index in [0.29, 0.717) is 0 Å². The number of benzene rings is 1. The van der Waals surface area contributed by atoms with Crippen LogP contribution in [0.4, 0.5) is 22.0 Å². The van der Waals surface area contributed by atoms with Crippen LogP contribution in [0, 0.1) is 29.1 Å². The van der Waals surface area contributed by atoms with E-state index in [2.05, 4.69) is 4.72 Å². The minimum Gasteiger partial charge on any atom is -0.203 e. The summed E-state index contributed by atoms with van der Waals surface area (Å²) in [5.41, 5.74) is -1.05. The van der Waals surface area contributed by atoms with Crippen molar-refractivity contribution in [3.8, 4) is 0 Å². The van der Waals surface area contributed by atoms with E-state index in [-0.39, 0.29) is 10.1 Å². The highest BCUT2D eigenvalue weighted by Gasteiger charge is 2.31. The second kappa shape index (κ2) is 4.58. The molecular formula is C8ClF5NS2. The van der Waals surface area contributed by atoms with Gasteiger partial charge in [-0.1, -0.05) is 11.6 Å². The Balaban J connectivity index is 2.75. The first-order chi connectivity index (χ1) is 7.95. The number of nitrogens with zero attached hydrogens (tertiary/aromatic N) is 1. The molecule has 0 spiro atoms. The lowest BCUT2D eigenvalue weighted by Crippen LogP contribution is -2.05. The van der Waals surface area contributed by atoms with Gasteiger partial charge in [-0.2, -0.15) is 4.72 Å². The van der Waals surface area contributed by atoms with Crippen LogP contribution in [-0.2, 0) is 0 Å². The van der Waals surface area contributed by atoms with Crippen molar-refractivity contribution in [3.63, 3.8) is 0 Å². The summed E-state index contributed by atoms with van der Waals surface area (Å²) in [6.45, 7) is 0. The molecule has 0 saturated carbocycles. The van der Waals surface area contributed by atoms with Crippen LogP contribution in [0.3, 0.4) is 0 Å². The Kier molecular flexibility index (Phi) is 3.46. The van der Waals surface area contributed by atoms with Gasteiger partial charge >= 0.3 is 0 Å². The van der Waals surface area contributed by atoms with E-state index >= 15 is 0 Å². The second-order valence-electron chi connectivity index (χ2n) is 2.81. The molecule has 0 unspecified atom stereocenters. The molecule has 0 amide bonds. The van der Waals surface area contributed by atoms with Crippen LogP contribution in [-0.4, -0.2) is 0 Å². The molecule has 0 fully saturated rings. The van der Waals surface area contributed by atoms with E-state index < -0.39 is 34.6 Å². The third-order valence-electron chi connectivity index (χ3n) is 1.86. The zero-order valence-electron chi connectivity index (χ0n) is 7.53. The quantitative estimate of drug-likeness (QED) is 0.193. The van der Waals surface area contributed by atoms with Gasteiger partial charge in [-0.3, -0.25) is 0 Å². The topological polar surface area (TPSA) is 14.1 Å². The van der Waals surface area contributed by atoms with Crippen LogP contribution >= 0.6 is 33.4 Å². The Morgan fingerprint density at radius 3 is 1.71 bits per heavy atom. The van der Waals surface area contributed by atoms with Crippen LogP contribution in [0.2, 0.25) is 0 Å². The highest BCUT2D eigenvalue weighted by atomic mass is 35.5. The first kappa shape index (κ1) is 12.8. The number of rotatable bonds is 1. The van der Waals surface area contributed by atoms with Gasteiger partial charge in [0.1, 0.15) is 0 Å². The standard InChI is InChI=1S/C8ClF5NS2/c9-8-7(16-17-15-8)1-2(10)4(12)6(14)5(13)3(1)11. The third-order valence-corrected chi connectivity index (χ3v) is 4.19. The summed E-state index contributed by atoms with van der Waals surface area (Å²) < 4.78 is 68.8. The summed E-state index contributed by atoms with van der Waals surface area (Å²) in [5.74, 6) is -10.0. The van der Waals surface area contributed by atoms with E-state index in [1.165, 1.54) is 0 Å². The smallest absolute Gasteiger partial charge is 0.200 e. The molecule has 0 aliphatic carbocycles. The molecule has 1 nitrogen and oxygen atoms in total. The van der Waals surface area contributed by atoms with Crippen molar-refractivity contribution in [1.82, 2.24) is 4.72 Å². The number of hydrogen-bond acceptors (Lipinski definition) is 2. The maximum atomic E-state index is 13.3. The van der Waals surface area contributed by atoms with Crippen LogP contribution in [0.1, 0.15) is 5.56 Å². The van der Waals surface area contributed by atoms with Gasteiger partial charge in [-0.15, -0.1) is 0 Å². The molecule has 91 valence electrons. The van der Waals surface area contributed by atoms with Gasteiger partial charge < -0.3 is 0 Å². The summed E-state index contributed by atoms with van der Waals surface area (Å²) in [7, 11) is 1.50. The van der Waals surface area contributed by atoms with Crippen LogP contribution in [0.15, 0.2) is 5.16 Å². The predicted molar refractivity (Wildman–Crippen MR) is 56.3 cm³/mol. The van der Waals surface area contributed by atoms with Gasteiger partial charge in [0, 0.05) is 0 Å². The average Bonchev–Trinajstić information content (AvgIpc) is 2.71. The van der Waals surface area contributed by atoms with Crippen molar-refractivity contribution in [2.75, 3.05) is 0 Å². The Morgan fingerprint density at radius 2 is 1.29 bits per heavy atom. The maximum absolute atomic E-state index is 13.3. The summed E-state index contributed by atoms with van der Waals surface area (Å²) in [6, 6.07) is 0. The zero-order valence-corrected chi connectivity index (χ0v) is 9.92. The second-order valence-corrected chi connectivity index (χ2v) is 5.03. The molecule has 17 heavy (non-hydrogen) atoms. The molecule has 1 heterocycles. The van der Waals surface area contributed by atoms with Crippen molar-refractivity contribution in [3.05, 3.63) is 39.8 Å². The molecule has 1 aromatic rings. The summed E-state index contributed by atoms with van der Waals surface area (Å²) in [6.07, 6.45) is 0. The molecular weight excluding hydrogens is 305 g/mol. The molecule has 1 radical (unpaired) electrons. The molecule has 0 N–H and O–H groups in total.